The first kappa shape index (κ1) is 20.0. The molecule has 0 aromatic carbocycles. The number of carbonyl (C=O) groups is 1. The summed E-state index contributed by atoms with van der Waals surface area (Å²) >= 11 is 0. The van der Waals surface area contributed by atoms with Gasteiger partial charge in [-0.15, -0.1) is 24.8 Å². The first-order valence-corrected chi connectivity index (χ1v) is 8.52. The van der Waals surface area contributed by atoms with Crippen LogP contribution >= 0.6 is 24.8 Å². The molecule has 4 nitrogen and oxygen atoms in total. The minimum absolute atomic E-state index is 0. The lowest BCUT2D eigenvalue weighted by molar-refractivity contribution is -0.138. The van der Waals surface area contributed by atoms with Crippen LogP contribution in [0.1, 0.15) is 44.9 Å². The van der Waals surface area contributed by atoms with Crippen LogP contribution in [0.2, 0.25) is 0 Å². The molecule has 0 aromatic heterocycles. The van der Waals surface area contributed by atoms with Gasteiger partial charge in [-0.2, -0.15) is 0 Å². The molecule has 1 saturated carbocycles. The number of amides is 1. The number of nitrogens with two attached hydrogens (primary N) is 1. The van der Waals surface area contributed by atoms with E-state index in [9.17, 15) is 4.79 Å². The van der Waals surface area contributed by atoms with Crippen molar-refractivity contribution < 1.29 is 4.79 Å². The summed E-state index contributed by atoms with van der Waals surface area (Å²) in [7, 11) is 0. The third-order valence-corrected chi connectivity index (χ3v) is 5.64. The Morgan fingerprint density at radius 2 is 1.68 bits per heavy atom. The second-order valence-corrected chi connectivity index (χ2v) is 6.86. The number of nitrogens with zero attached hydrogens (tertiary/aromatic N) is 2. The van der Waals surface area contributed by atoms with Crippen LogP contribution in [-0.2, 0) is 4.79 Å². The average molecular weight is 352 g/mol. The van der Waals surface area contributed by atoms with Crippen LogP contribution < -0.4 is 5.73 Å². The van der Waals surface area contributed by atoms with Gasteiger partial charge in [0.1, 0.15) is 0 Å². The van der Waals surface area contributed by atoms with Gasteiger partial charge in [0.25, 0.3) is 0 Å². The van der Waals surface area contributed by atoms with E-state index in [4.69, 9.17) is 5.73 Å². The molecule has 0 radical (unpaired) electrons. The highest BCUT2D eigenvalue weighted by Crippen LogP contribution is 2.33. The Morgan fingerprint density at radius 3 is 2.36 bits per heavy atom. The minimum atomic E-state index is 0. The minimum Gasteiger partial charge on any atom is -0.341 e. The molecule has 1 aliphatic carbocycles. The van der Waals surface area contributed by atoms with Gasteiger partial charge >= 0.3 is 0 Å². The van der Waals surface area contributed by atoms with E-state index in [-0.39, 0.29) is 30.7 Å². The first-order chi connectivity index (χ1) is 9.79. The van der Waals surface area contributed by atoms with E-state index >= 15 is 0 Å². The molecule has 3 atom stereocenters. The van der Waals surface area contributed by atoms with E-state index in [1.54, 1.807) is 0 Å². The van der Waals surface area contributed by atoms with Crippen molar-refractivity contribution in [2.24, 2.45) is 17.6 Å². The topological polar surface area (TPSA) is 49.6 Å². The van der Waals surface area contributed by atoms with Gasteiger partial charge in [-0.3, -0.25) is 9.69 Å². The molecule has 0 bridgehead atoms. The number of hydrogen-bond donors (Lipinski definition) is 1. The Morgan fingerprint density at radius 1 is 0.955 bits per heavy atom. The highest BCUT2D eigenvalue weighted by molar-refractivity contribution is 5.85. The van der Waals surface area contributed by atoms with Gasteiger partial charge < -0.3 is 10.6 Å². The van der Waals surface area contributed by atoms with Gasteiger partial charge in [0.15, 0.2) is 0 Å². The summed E-state index contributed by atoms with van der Waals surface area (Å²) in [5.74, 6) is 1.06. The normalized spacial score (nSPS) is 32.4. The summed E-state index contributed by atoms with van der Waals surface area (Å²) in [6.07, 6.45) is 8.51. The Kier molecular flexibility index (Phi) is 8.47. The third-order valence-electron chi connectivity index (χ3n) is 5.64. The highest BCUT2D eigenvalue weighted by atomic mass is 35.5. The smallest absolute Gasteiger partial charge is 0.226 e. The quantitative estimate of drug-likeness (QED) is 0.848. The molecule has 130 valence electrons. The Hall–Kier alpha value is -0.0300. The van der Waals surface area contributed by atoms with Crippen molar-refractivity contribution in [1.82, 2.24) is 9.80 Å². The number of carbonyl (C=O) groups excluding carboxylic acids is 1. The number of rotatable bonds is 3. The molecule has 22 heavy (non-hydrogen) atoms. The third kappa shape index (κ3) is 4.28. The van der Waals surface area contributed by atoms with Crippen molar-refractivity contribution in [1.29, 1.82) is 0 Å². The van der Waals surface area contributed by atoms with E-state index in [0.717, 1.165) is 25.9 Å². The number of piperidine rings is 1. The standard InChI is InChI=1S/C16H29N3O.2ClH/c17-11-13-5-3-7-15(13)16(20)19-10-4-6-14(12-19)18-8-1-2-9-18;;/h13-15H,1-12,17H2;2*1H/t13-,14?,15-;;/m1../s1. The van der Waals surface area contributed by atoms with Crippen LogP contribution in [0.4, 0.5) is 0 Å². The molecule has 0 spiro atoms. The summed E-state index contributed by atoms with van der Waals surface area (Å²) in [4.78, 5) is 17.5. The van der Waals surface area contributed by atoms with E-state index in [2.05, 4.69) is 9.80 Å². The lowest BCUT2D eigenvalue weighted by Gasteiger charge is -2.39. The van der Waals surface area contributed by atoms with Crippen molar-refractivity contribution in [3.8, 4) is 0 Å². The van der Waals surface area contributed by atoms with Crippen LogP contribution in [-0.4, -0.2) is 54.5 Å². The summed E-state index contributed by atoms with van der Waals surface area (Å²) in [5, 5.41) is 0. The maximum atomic E-state index is 12.8. The number of likely N-dealkylation sites (tertiary alicyclic amines) is 2. The summed E-state index contributed by atoms with van der Waals surface area (Å²) in [5.41, 5.74) is 5.84. The summed E-state index contributed by atoms with van der Waals surface area (Å²) in [6, 6.07) is 0.618. The molecule has 2 N–H and O–H groups in total. The number of hydrogen-bond acceptors (Lipinski definition) is 3. The van der Waals surface area contributed by atoms with E-state index in [0.29, 0.717) is 24.4 Å². The molecule has 2 heterocycles. The van der Waals surface area contributed by atoms with Crippen molar-refractivity contribution >= 4 is 30.7 Å². The zero-order valence-electron chi connectivity index (χ0n) is 13.4. The van der Waals surface area contributed by atoms with Gasteiger partial charge in [-0.05, 0) is 64.1 Å². The van der Waals surface area contributed by atoms with Gasteiger partial charge in [0.05, 0.1) is 0 Å². The van der Waals surface area contributed by atoms with Crippen LogP contribution in [0.3, 0.4) is 0 Å². The van der Waals surface area contributed by atoms with E-state index < -0.39 is 0 Å². The van der Waals surface area contributed by atoms with Crippen molar-refractivity contribution in [2.45, 2.75) is 51.0 Å². The monoisotopic (exact) mass is 351 g/mol. The zero-order chi connectivity index (χ0) is 13.9. The van der Waals surface area contributed by atoms with Gasteiger partial charge in [0.2, 0.25) is 5.91 Å². The molecule has 1 unspecified atom stereocenters. The fourth-order valence-corrected chi connectivity index (χ4v) is 4.44. The maximum Gasteiger partial charge on any atom is 0.226 e. The van der Waals surface area contributed by atoms with Crippen LogP contribution in [0.15, 0.2) is 0 Å². The van der Waals surface area contributed by atoms with Crippen LogP contribution in [0.5, 0.6) is 0 Å². The Labute approximate surface area is 147 Å². The molecule has 3 fully saturated rings. The second-order valence-electron chi connectivity index (χ2n) is 6.86. The molecule has 0 aromatic rings. The summed E-state index contributed by atoms with van der Waals surface area (Å²) < 4.78 is 0. The SMILES string of the molecule is Cl.Cl.NC[C@H]1CCC[C@H]1C(=O)N1CCCC(N2CCCC2)C1. The largest absolute Gasteiger partial charge is 0.341 e. The van der Waals surface area contributed by atoms with Gasteiger partial charge in [-0.25, -0.2) is 0 Å². The molecular weight excluding hydrogens is 321 g/mol. The van der Waals surface area contributed by atoms with Crippen LogP contribution in [0, 0.1) is 11.8 Å². The van der Waals surface area contributed by atoms with Gasteiger partial charge in [0, 0.05) is 25.0 Å². The van der Waals surface area contributed by atoms with Crippen LogP contribution in [0.25, 0.3) is 0 Å². The molecule has 3 rings (SSSR count). The van der Waals surface area contributed by atoms with E-state index in [1.165, 1.54) is 45.2 Å². The number of halogens is 2. The Bertz CT molecular complexity index is 350. The average Bonchev–Trinajstić information content (AvgIpc) is 3.17. The van der Waals surface area contributed by atoms with Crippen molar-refractivity contribution in [2.75, 3.05) is 32.7 Å². The fourth-order valence-electron chi connectivity index (χ4n) is 4.44. The van der Waals surface area contributed by atoms with Crippen molar-refractivity contribution in [3.63, 3.8) is 0 Å². The second kappa shape index (κ2) is 9.31. The van der Waals surface area contributed by atoms with Crippen molar-refractivity contribution in [3.05, 3.63) is 0 Å². The molecule has 2 aliphatic heterocycles. The Balaban J connectivity index is 0.00000121. The predicted molar refractivity (Wildman–Crippen MR) is 94.8 cm³/mol. The lowest BCUT2D eigenvalue weighted by Crippen LogP contribution is -2.51. The van der Waals surface area contributed by atoms with Gasteiger partial charge in [-0.1, -0.05) is 6.42 Å². The zero-order valence-corrected chi connectivity index (χ0v) is 15.0. The molecule has 2 saturated heterocycles. The van der Waals surface area contributed by atoms with E-state index in [1.807, 2.05) is 0 Å². The molecule has 3 aliphatic rings. The molecule has 6 heteroatoms. The predicted octanol–water partition coefficient (Wildman–Crippen LogP) is 2.29. The molecule has 1 amide bonds. The summed E-state index contributed by atoms with van der Waals surface area (Å²) in [6.45, 7) is 5.09. The lowest BCUT2D eigenvalue weighted by atomic mass is 9.93. The molecular formula is C16H31Cl2N3O. The first-order valence-electron chi connectivity index (χ1n) is 8.52. The fraction of sp³-hybridized carbons (Fsp3) is 0.938. The highest BCUT2D eigenvalue weighted by Gasteiger charge is 2.37. The maximum absolute atomic E-state index is 12.8.